The first-order chi connectivity index (χ1) is 13.5. The lowest BCUT2D eigenvalue weighted by molar-refractivity contribution is 0.0950. The highest BCUT2D eigenvalue weighted by Gasteiger charge is 2.18. The maximum absolute atomic E-state index is 12.5. The van der Waals surface area contributed by atoms with Crippen LogP contribution >= 0.6 is 35.0 Å². The summed E-state index contributed by atoms with van der Waals surface area (Å²) >= 11 is 13.6. The highest BCUT2D eigenvalue weighted by Crippen LogP contribution is 2.28. The van der Waals surface area contributed by atoms with Crippen molar-refractivity contribution in [1.82, 2.24) is 20.1 Å². The number of aromatic nitrogens is 3. The maximum atomic E-state index is 12.5. The van der Waals surface area contributed by atoms with E-state index in [-0.39, 0.29) is 12.5 Å². The van der Waals surface area contributed by atoms with Crippen LogP contribution in [0.3, 0.4) is 0 Å². The fourth-order valence-corrected chi connectivity index (χ4v) is 3.81. The largest absolute Gasteiger partial charge is 0.495 e. The average molecular weight is 437 g/mol. The quantitative estimate of drug-likeness (QED) is 0.546. The van der Waals surface area contributed by atoms with Gasteiger partial charge < -0.3 is 10.1 Å². The molecule has 0 fully saturated rings. The van der Waals surface area contributed by atoms with E-state index in [0.717, 1.165) is 16.6 Å². The smallest absolute Gasteiger partial charge is 0.253 e. The molecule has 3 rings (SSSR count). The molecule has 0 radical (unpaired) electrons. The van der Waals surface area contributed by atoms with E-state index in [1.165, 1.54) is 6.07 Å². The number of hydrogen-bond donors (Lipinski definition) is 1. The molecule has 3 aromatic rings. The number of methoxy groups -OCH3 is 1. The zero-order valence-electron chi connectivity index (χ0n) is 15.3. The topological polar surface area (TPSA) is 69.0 Å². The van der Waals surface area contributed by atoms with Crippen molar-refractivity contribution in [1.29, 1.82) is 0 Å². The van der Waals surface area contributed by atoms with Crippen molar-refractivity contribution >= 4 is 40.9 Å². The Morgan fingerprint density at radius 3 is 2.71 bits per heavy atom. The molecule has 1 heterocycles. The lowest BCUT2D eigenvalue weighted by Gasteiger charge is -2.14. The first kappa shape index (κ1) is 20.5. The van der Waals surface area contributed by atoms with Gasteiger partial charge in [-0.1, -0.05) is 54.0 Å². The first-order valence-electron chi connectivity index (χ1n) is 8.48. The number of rotatable bonds is 7. The fourth-order valence-electron chi connectivity index (χ4n) is 2.62. The van der Waals surface area contributed by atoms with Gasteiger partial charge in [-0.2, -0.15) is 0 Å². The number of nitrogens with one attached hydrogen (secondary N) is 1. The molecule has 0 aliphatic heterocycles. The number of carbonyl (C=O) groups excluding carboxylic acids is 1. The molecule has 0 bridgehead atoms. The van der Waals surface area contributed by atoms with Crippen molar-refractivity contribution in [2.24, 2.45) is 0 Å². The van der Waals surface area contributed by atoms with Crippen LogP contribution in [0.25, 0.3) is 5.69 Å². The molecule has 0 saturated heterocycles. The highest BCUT2D eigenvalue weighted by molar-refractivity contribution is 7.99. The number of benzene rings is 2. The van der Waals surface area contributed by atoms with Crippen LogP contribution in [0.2, 0.25) is 10.0 Å². The standard InChI is InChI=1S/C19H18Cl2N4O2S/c1-3-28-19-24-23-17(25(19)15-6-4-5-7-16(15)27-2)11-22-18(26)13-9-8-12(20)10-14(13)21/h4-10H,3,11H2,1-2H3,(H,22,26). The molecule has 0 unspecified atom stereocenters. The molecule has 0 aliphatic carbocycles. The van der Waals surface area contributed by atoms with E-state index in [0.29, 0.717) is 27.2 Å². The molecule has 146 valence electrons. The van der Waals surface area contributed by atoms with Crippen LogP contribution in [0.4, 0.5) is 0 Å². The second-order valence-corrected chi connectivity index (χ2v) is 7.72. The Hall–Kier alpha value is -2.22. The molecule has 0 saturated carbocycles. The SMILES string of the molecule is CCSc1nnc(CNC(=O)c2ccc(Cl)cc2Cl)n1-c1ccccc1OC. The summed E-state index contributed by atoms with van der Waals surface area (Å²) in [4.78, 5) is 12.5. The molecule has 2 aromatic carbocycles. The number of amides is 1. The number of para-hydroxylation sites is 2. The zero-order valence-corrected chi connectivity index (χ0v) is 17.6. The second kappa shape index (κ2) is 9.32. The van der Waals surface area contributed by atoms with Gasteiger partial charge in [0, 0.05) is 5.02 Å². The lowest BCUT2D eigenvalue weighted by atomic mass is 10.2. The molecular formula is C19H18Cl2N4O2S. The van der Waals surface area contributed by atoms with Gasteiger partial charge in [-0.3, -0.25) is 9.36 Å². The number of thioether (sulfide) groups is 1. The second-order valence-electron chi connectivity index (χ2n) is 5.65. The third-order valence-electron chi connectivity index (χ3n) is 3.88. The number of hydrogen-bond acceptors (Lipinski definition) is 5. The van der Waals surface area contributed by atoms with Gasteiger partial charge in [-0.25, -0.2) is 0 Å². The minimum atomic E-state index is -0.319. The molecule has 9 heteroatoms. The number of nitrogens with zero attached hydrogens (tertiary/aromatic N) is 3. The molecule has 0 aliphatic rings. The van der Waals surface area contributed by atoms with Gasteiger partial charge in [0.1, 0.15) is 5.75 Å². The fraction of sp³-hybridized carbons (Fsp3) is 0.211. The predicted molar refractivity (Wildman–Crippen MR) is 112 cm³/mol. The minimum absolute atomic E-state index is 0.174. The van der Waals surface area contributed by atoms with E-state index in [4.69, 9.17) is 27.9 Å². The molecule has 1 aromatic heterocycles. The summed E-state index contributed by atoms with van der Waals surface area (Å²) in [6.07, 6.45) is 0. The van der Waals surface area contributed by atoms with Gasteiger partial charge in [0.05, 0.1) is 29.9 Å². The van der Waals surface area contributed by atoms with Crippen molar-refractivity contribution in [3.8, 4) is 11.4 Å². The zero-order chi connectivity index (χ0) is 20.1. The first-order valence-corrected chi connectivity index (χ1v) is 10.2. The average Bonchev–Trinajstić information content (AvgIpc) is 3.08. The van der Waals surface area contributed by atoms with E-state index >= 15 is 0 Å². The summed E-state index contributed by atoms with van der Waals surface area (Å²) in [7, 11) is 1.61. The Kier molecular flexibility index (Phi) is 6.83. The van der Waals surface area contributed by atoms with Crippen LogP contribution in [0, 0.1) is 0 Å². The van der Waals surface area contributed by atoms with Crippen LogP contribution in [-0.4, -0.2) is 33.5 Å². The summed E-state index contributed by atoms with van der Waals surface area (Å²) in [6.45, 7) is 2.21. The van der Waals surface area contributed by atoms with E-state index in [1.807, 2.05) is 35.8 Å². The van der Waals surface area contributed by atoms with E-state index in [9.17, 15) is 4.79 Å². The van der Waals surface area contributed by atoms with Crippen molar-refractivity contribution in [3.63, 3.8) is 0 Å². The van der Waals surface area contributed by atoms with Gasteiger partial charge in [0.15, 0.2) is 11.0 Å². The summed E-state index contributed by atoms with van der Waals surface area (Å²) in [5.41, 5.74) is 1.15. The Morgan fingerprint density at radius 2 is 2.00 bits per heavy atom. The molecule has 0 atom stereocenters. The van der Waals surface area contributed by atoms with Crippen molar-refractivity contribution in [2.75, 3.05) is 12.9 Å². The van der Waals surface area contributed by atoms with E-state index in [1.54, 1.807) is 31.0 Å². The summed E-state index contributed by atoms with van der Waals surface area (Å²) in [6, 6.07) is 12.3. The number of carbonyl (C=O) groups is 1. The predicted octanol–water partition coefficient (Wildman–Crippen LogP) is 4.62. The molecule has 6 nitrogen and oxygen atoms in total. The Labute approximate surface area is 177 Å². The Balaban J connectivity index is 1.89. The minimum Gasteiger partial charge on any atom is -0.495 e. The highest BCUT2D eigenvalue weighted by atomic mass is 35.5. The van der Waals surface area contributed by atoms with Crippen LogP contribution in [0.15, 0.2) is 47.6 Å². The lowest BCUT2D eigenvalue weighted by Crippen LogP contribution is -2.25. The van der Waals surface area contributed by atoms with Crippen molar-refractivity contribution < 1.29 is 9.53 Å². The molecule has 0 spiro atoms. The van der Waals surface area contributed by atoms with Gasteiger partial charge in [-0.15, -0.1) is 10.2 Å². The van der Waals surface area contributed by atoms with Gasteiger partial charge in [-0.05, 0) is 36.1 Å². The van der Waals surface area contributed by atoms with Crippen molar-refractivity contribution in [3.05, 3.63) is 63.9 Å². The third kappa shape index (κ3) is 4.43. The molecule has 1 amide bonds. The normalized spacial score (nSPS) is 10.7. The Bertz CT molecular complexity index is 994. The summed E-state index contributed by atoms with van der Waals surface area (Å²) in [5.74, 6) is 1.79. The number of ether oxygens (including phenoxy) is 1. The van der Waals surface area contributed by atoms with Gasteiger partial charge in [0.25, 0.3) is 5.91 Å². The molecule has 1 N–H and O–H groups in total. The molecular weight excluding hydrogens is 419 g/mol. The van der Waals surface area contributed by atoms with Crippen molar-refractivity contribution in [2.45, 2.75) is 18.6 Å². The van der Waals surface area contributed by atoms with E-state index < -0.39 is 0 Å². The summed E-state index contributed by atoms with van der Waals surface area (Å²) in [5, 5.41) is 12.8. The number of halogens is 2. The third-order valence-corrected chi connectivity index (χ3v) is 5.24. The van der Waals surface area contributed by atoms with Crippen LogP contribution < -0.4 is 10.1 Å². The molecule has 28 heavy (non-hydrogen) atoms. The van der Waals surface area contributed by atoms with Crippen LogP contribution in [0.1, 0.15) is 23.1 Å². The maximum Gasteiger partial charge on any atom is 0.253 e. The monoisotopic (exact) mass is 436 g/mol. The summed E-state index contributed by atoms with van der Waals surface area (Å²) < 4.78 is 7.36. The van der Waals surface area contributed by atoms with Gasteiger partial charge in [0.2, 0.25) is 0 Å². The Morgan fingerprint density at radius 1 is 1.21 bits per heavy atom. The van der Waals surface area contributed by atoms with Gasteiger partial charge >= 0.3 is 0 Å². The van der Waals surface area contributed by atoms with E-state index in [2.05, 4.69) is 15.5 Å². The van der Waals surface area contributed by atoms with Crippen LogP contribution in [-0.2, 0) is 6.54 Å². The van der Waals surface area contributed by atoms with Crippen LogP contribution in [0.5, 0.6) is 5.75 Å².